The third kappa shape index (κ3) is 4.72. The molecule has 1 aliphatic carbocycles. The van der Waals surface area contributed by atoms with Crippen LogP contribution in [0.4, 0.5) is 0 Å². The zero-order chi connectivity index (χ0) is 17.6. The minimum Gasteiger partial charge on any atom is -0.481 e. The summed E-state index contributed by atoms with van der Waals surface area (Å²) in [5.41, 5.74) is 1.47. The topological polar surface area (TPSA) is 68.5 Å². The molecule has 1 aromatic heterocycles. The largest absolute Gasteiger partial charge is 0.481 e. The highest BCUT2D eigenvalue weighted by Crippen LogP contribution is 2.21. The van der Waals surface area contributed by atoms with Gasteiger partial charge in [-0.3, -0.25) is 4.79 Å². The normalized spacial score (nSPS) is 15.5. The van der Waals surface area contributed by atoms with Crippen LogP contribution in [0.1, 0.15) is 39.0 Å². The molecule has 0 aliphatic heterocycles. The average Bonchev–Trinajstić information content (AvgIpc) is 2.62. The highest BCUT2D eigenvalue weighted by atomic mass is 16.5. The van der Waals surface area contributed by atoms with Crippen LogP contribution < -0.4 is 15.7 Å². The Labute approximate surface area is 146 Å². The lowest BCUT2D eigenvalue weighted by Gasteiger charge is -2.16. The summed E-state index contributed by atoms with van der Waals surface area (Å²) in [4.78, 5) is 23.5. The lowest BCUT2D eigenvalue weighted by Crippen LogP contribution is -2.36. The smallest absolute Gasteiger partial charge is 0.336 e. The molecule has 0 bridgehead atoms. The number of hydrogen-bond donors (Lipinski definition) is 1. The van der Waals surface area contributed by atoms with Crippen LogP contribution in [0.5, 0.6) is 5.75 Å². The van der Waals surface area contributed by atoms with E-state index in [4.69, 9.17) is 9.15 Å². The Morgan fingerprint density at radius 2 is 2.12 bits per heavy atom. The monoisotopic (exact) mass is 341 g/mol. The highest BCUT2D eigenvalue weighted by molar-refractivity contribution is 5.81. The summed E-state index contributed by atoms with van der Waals surface area (Å²) in [7, 11) is 0. The number of benzene rings is 1. The van der Waals surface area contributed by atoms with Gasteiger partial charge in [0.2, 0.25) is 0 Å². The molecule has 0 saturated carbocycles. The van der Waals surface area contributed by atoms with Gasteiger partial charge < -0.3 is 14.5 Å². The molecule has 1 atom stereocenters. The van der Waals surface area contributed by atoms with Crippen molar-refractivity contribution < 1.29 is 13.9 Å². The molecule has 1 amide bonds. The van der Waals surface area contributed by atoms with Crippen molar-refractivity contribution in [3.63, 3.8) is 0 Å². The second kappa shape index (κ2) is 8.01. The fourth-order valence-corrected chi connectivity index (χ4v) is 2.99. The Morgan fingerprint density at radius 1 is 1.28 bits per heavy atom. The number of hydrogen-bond acceptors (Lipinski definition) is 4. The van der Waals surface area contributed by atoms with Gasteiger partial charge in [0, 0.05) is 24.1 Å². The predicted molar refractivity (Wildman–Crippen MR) is 96.8 cm³/mol. The summed E-state index contributed by atoms with van der Waals surface area (Å²) >= 11 is 0. The van der Waals surface area contributed by atoms with Crippen molar-refractivity contribution in [2.45, 2.75) is 45.1 Å². The minimum absolute atomic E-state index is 0.147. The first-order valence-electron chi connectivity index (χ1n) is 8.78. The molecule has 132 valence electrons. The van der Waals surface area contributed by atoms with Crippen molar-refractivity contribution in [2.24, 2.45) is 0 Å². The maximum Gasteiger partial charge on any atom is 0.336 e. The van der Waals surface area contributed by atoms with Crippen LogP contribution in [0.15, 0.2) is 51.2 Å². The second-order valence-corrected chi connectivity index (χ2v) is 6.36. The molecule has 0 fully saturated rings. The van der Waals surface area contributed by atoms with Gasteiger partial charge in [-0.2, -0.15) is 0 Å². The summed E-state index contributed by atoms with van der Waals surface area (Å²) < 4.78 is 10.8. The Morgan fingerprint density at radius 3 is 2.92 bits per heavy atom. The fourth-order valence-electron chi connectivity index (χ4n) is 2.99. The van der Waals surface area contributed by atoms with Gasteiger partial charge in [0.25, 0.3) is 5.91 Å². The molecule has 1 aromatic carbocycles. The van der Waals surface area contributed by atoms with E-state index in [0.29, 0.717) is 17.9 Å². The van der Waals surface area contributed by atoms with Gasteiger partial charge in [0.15, 0.2) is 6.10 Å². The summed E-state index contributed by atoms with van der Waals surface area (Å²) in [5.74, 6) is 0.352. The van der Waals surface area contributed by atoms with Gasteiger partial charge in [-0.1, -0.05) is 11.6 Å². The zero-order valence-electron chi connectivity index (χ0n) is 14.4. The Bertz CT molecular complexity index is 837. The van der Waals surface area contributed by atoms with Crippen LogP contribution in [0, 0.1) is 0 Å². The number of fused-ring (bicyclic) bond motifs is 1. The van der Waals surface area contributed by atoms with E-state index >= 15 is 0 Å². The zero-order valence-corrected chi connectivity index (χ0v) is 14.4. The van der Waals surface area contributed by atoms with Gasteiger partial charge in [-0.15, -0.1) is 0 Å². The molecule has 25 heavy (non-hydrogen) atoms. The number of ether oxygens (including phenoxy) is 1. The van der Waals surface area contributed by atoms with Crippen molar-refractivity contribution in [3.8, 4) is 5.75 Å². The van der Waals surface area contributed by atoms with E-state index in [1.807, 2.05) is 0 Å². The van der Waals surface area contributed by atoms with Crippen molar-refractivity contribution in [2.75, 3.05) is 6.54 Å². The maximum absolute atomic E-state index is 12.2. The molecule has 1 heterocycles. The molecule has 1 aliphatic rings. The Balaban J connectivity index is 1.53. The van der Waals surface area contributed by atoms with E-state index in [-0.39, 0.29) is 5.91 Å². The predicted octanol–water partition coefficient (Wildman–Crippen LogP) is 3.57. The third-order valence-corrected chi connectivity index (χ3v) is 4.41. The molecule has 0 spiro atoms. The molecular weight excluding hydrogens is 318 g/mol. The van der Waals surface area contributed by atoms with Crippen molar-refractivity contribution in [3.05, 3.63) is 52.4 Å². The quantitative estimate of drug-likeness (QED) is 0.644. The van der Waals surface area contributed by atoms with Crippen LogP contribution in [0.25, 0.3) is 11.0 Å². The van der Waals surface area contributed by atoms with E-state index < -0.39 is 11.7 Å². The molecule has 5 heteroatoms. The lowest BCUT2D eigenvalue weighted by atomic mass is 9.97. The molecule has 5 nitrogen and oxygen atoms in total. The van der Waals surface area contributed by atoms with Crippen molar-refractivity contribution in [1.82, 2.24) is 5.32 Å². The number of allylic oxidation sites excluding steroid dienone is 1. The first-order chi connectivity index (χ1) is 12.1. The molecule has 0 saturated heterocycles. The Hall–Kier alpha value is -2.56. The SMILES string of the molecule is C[C@@H](Oc1ccc2ccc(=O)oc2c1)C(=O)NCCC1=CCCCC1. The van der Waals surface area contributed by atoms with E-state index in [0.717, 1.165) is 24.6 Å². The van der Waals surface area contributed by atoms with E-state index in [1.165, 1.54) is 24.5 Å². The first-order valence-corrected chi connectivity index (χ1v) is 8.78. The maximum atomic E-state index is 12.2. The van der Waals surface area contributed by atoms with E-state index in [1.54, 1.807) is 31.2 Å². The number of carbonyl (C=O) groups excluding carboxylic acids is 1. The fraction of sp³-hybridized carbons (Fsp3) is 0.400. The van der Waals surface area contributed by atoms with Crippen molar-refractivity contribution >= 4 is 16.9 Å². The van der Waals surface area contributed by atoms with E-state index in [2.05, 4.69) is 11.4 Å². The number of rotatable bonds is 6. The van der Waals surface area contributed by atoms with Crippen molar-refractivity contribution in [1.29, 1.82) is 0 Å². The van der Waals surface area contributed by atoms with Crippen LogP contribution in [-0.2, 0) is 4.79 Å². The van der Waals surface area contributed by atoms with Crippen LogP contribution in [-0.4, -0.2) is 18.6 Å². The van der Waals surface area contributed by atoms with Gasteiger partial charge in [0.1, 0.15) is 11.3 Å². The molecule has 0 unspecified atom stereocenters. The van der Waals surface area contributed by atoms with Gasteiger partial charge in [0.05, 0.1) is 0 Å². The Kier molecular flexibility index (Phi) is 5.53. The van der Waals surface area contributed by atoms with Crippen LogP contribution in [0.3, 0.4) is 0 Å². The molecule has 1 N–H and O–H groups in total. The number of amides is 1. The summed E-state index contributed by atoms with van der Waals surface area (Å²) in [6.45, 7) is 2.34. The summed E-state index contributed by atoms with van der Waals surface area (Å²) in [6, 6.07) is 8.27. The van der Waals surface area contributed by atoms with Gasteiger partial charge >= 0.3 is 5.63 Å². The lowest BCUT2D eigenvalue weighted by molar-refractivity contribution is -0.127. The summed E-state index contributed by atoms with van der Waals surface area (Å²) in [5, 5.41) is 3.73. The van der Waals surface area contributed by atoms with Crippen LogP contribution in [0.2, 0.25) is 0 Å². The van der Waals surface area contributed by atoms with E-state index in [9.17, 15) is 9.59 Å². The standard InChI is InChI=1S/C20H23NO4/c1-14(20(23)21-12-11-15-5-3-2-4-6-15)24-17-9-7-16-8-10-19(22)25-18(16)13-17/h5,7-10,13-14H,2-4,6,11-12H2,1H3,(H,21,23)/t14-/m1/s1. The van der Waals surface area contributed by atoms with Crippen LogP contribution >= 0.6 is 0 Å². The minimum atomic E-state index is -0.617. The van der Waals surface area contributed by atoms with Gasteiger partial charge in [-0.25, -0.2) is 4.79 Å². The number of nitrogens with one attached hydrogen (secondary N) is 1. The third-order valence-electron chi connectivity index (χ3n) is 4.41. The molecular formula is C20H23NO4. The first kappa shape index (κ1) is 17.3. The number of carbonyl (C=O) groups is 1. The second-order valence-electron chi connectivity index (χ2n) is 6.36. The molecule has 2 aromatic rings. The summed E-state index contributed by atoms with van der Waals surface area (Å²) in [6.07, 6.45) is 7.39. The molecule has 0 radical (unpaired) electrons. The highest BCUT2D eigenvalue weighted by Gasteiger charge is 2.15. The molecule has 3 rings (SSSR count). The average molecular weight is 341 g/mol. The van der Waals surface area contributed by atoms with Gasteiger partial charge in [-0.05, 0) is 57.2 Å².